The van der Waals surface area contributed by atoms with Crippen molar-refractivity contribution in [3.05, 3.63) is 32.8 Å². The Kier molecular flexibility index (Phi) is 3.35. The van der Waals surface area contributed by atoms with Crippen LogP contribution < -0.4 is 5.32 Å². The Hall–Kier alpha value is -1.29. The van der Waals surface area contributed by atoms with Gasteiger partial charge in [-0.15, -0.1) is 11.3 Å². The Morgan fingerprint density at radius 1 is 1.32 bits per heavy atom. The van der Waals surface area contributed by atoms with Gasteiger partial charge < -0.3 is 5.32 Å². The van der Waals surface area contributed by atoms with Crippen molar-refractivity contribution < 1.29 is 0 Å². The predicted molar refractivity (Wildman–Crippen MR) is 81.1 cm³/mol. The second-order valence-corrected chi connectivity index (χ2v) is 6.65. The van der Waals surface area contributed by atoms with Gasteiger partial charge in [0.1, 0.15) is 0 Å². The molecule has 3 nitrogen and oxygen atoms in total. The van der Waals surface area contributed by atoms with Crippen LogP contribution in [0.2, 0.25) is 0 Å². The molecular weight excluding hydrogens is 254 g/mol. The zero-order valence-electron chi connectivity index (χ0n) is 11.8. The van der Waals surface area contributed by atoms with Crippen LogP contribution in [0.15, 0.2) is 6.07 Å². The summed E-state index contributed by atoms with van der Waals surface area (Å²) in [5.74, 6) is 0. The predicted octanol–water partition coefficient (Wildman–Crippen LogP) is 4.14. The molecule has 102 valence electrons. The Morgan fingerprint density at radius 2 is 2.11 bits per heavy atom. The first kappa shape index (κ1) is 12.7. The van der Waals surface area contributed by atoms with E-state index in [2.05, 4.69) is 35.4 Å². The van der Waals surface area contributed by atoms with Gasteiger partial charge in [-0.3, -0.25) is 5.10 Å². The SMILES string of the molecule is Cc1n[nH]c(C)c1NC(C)c1cc2c(s1)CCCC2. The first-order valence-electron chi connectivity index (χ1n) is 7.04. The van der Waals surface area contributed by atoms with Gasteiger partial charge in [0.15, 0.2) is 0 Å². The van der Waals surface area contributed by atoms with E-state index in [-0.39, 0.29) is 0 Å². The minimum atomic E-state index is 0.352. The molecule has 0 bridgehead atoms. The fourth-order valence-electron chi connectivity index (χ4n) is 2.78. The molecule has 19 heavy (non-hydrogen) atoms. The normalized spacial score (nSPS) is 16.2. The topological polar surface area (TPSA) is 40.7 Å². The number of fused-ring (bicyclic) bond motifs is 1. The number of anilines is 1. The molecule has 0 saturated carbocycles. The van der Waals surface area contributed by atoms with Gasteiger partial charge in [-0.05, 0) is 58.1 Å². The van der Waals surface area contributed by atoms with Crippen LogP contribution in [0.3, 0.4) is 0 Å². The second-order valence-electron chi connectivity index (χ2n) is 5.48. The summed E-state index contributed by atoms with van der Waals surface area (Å²) < 4.78 is 0. The van der Waals surface area contributed by atoms with Gasteiger partial charge in [-0.1, -0.05) is 0 Å². The highest BCUT2D eigenvalue weighted by Gasteiger charge is 2.18. The lowest BCUT2D eigenvalue weighted by atomic mass is 9.99. The molecule has 3 rings (SSSR count). The van der Waals surface area contributed by atoms with Crippen LogP contribution in [0.25, 0.3) is 0 Å². The minimum absolute atomic E-state index is 0.352. The Labute approximate surface area is 118 Å². The fraction of sp³-hybridized carbons (Fsp3) is 0.533. The Balaban J connectivity index is 1.80. The molecule has 2 aromatic heterocycles. The number of hydrogen-bond acceptors (Lipinski definition) is 3. The molecule has 2 aromatic rings. The molecule has 1 unspecified atom stereocenters. The van der Waals surface area contributed by atoms with Crippen LogP contribution in [-0.4, -0.2) is 10.2 Å². The van der Waals surface area contributed by atoms with Crippen molar-refractivity contribution in [2.45, 2.75) is 52.5 Å². The molecule has 0 fully saturated rings. The smallest absolute Gasteiger partial charge is 0.0825 e. The summed E-state index contributed by atoms with van der Waals surface area (Å²) in [4.78, 5) is 3.06. The molecule has 4 heteroatoms. The maximum absolute atomic E-state index is 4.24. The standard InChI is InChI=1S/C15H21N3S/c1-9(16-15-10(2)17-18-11(15)3)14-8-12-6-4-5-7-13(12)19-14/h8-9,16H,4-7H2,1-3H3,(H,17,18). The van der Waals surface area contributed by atoms with Crippen LogP contribution in [0, 0.1) is 13.8 Å². The zero-order valence-corrected chi connectivity index (χ0v) is 12.7. The van der Waals surface area contributed by atoms with E-state index in [1.165, 1.54) is 30.6 Å². The van der Waals surface area contributed by atoms with Crippen molar-refractivity contribution >= 4 is 17.0 Å². The maximum atomic E-state index is 4.24. The average molecular weight is 275 g/mol. The Morgan fingerprint density at radius 3 is 2.79 bits per heavy atom. The van der Waals surface area contributed by atoms with E-state index in [0.29, 0.717) is 6.04 Å². The second kappa shape index (κ2) is 5.00. The van der Waals surface area contributed by atoms with Gasteiger partial charge >= 0.3 is 0 Å². The number of aromatic nitrogens is 2. The molecule has 0 radical (unpaired) electrons. The monoisotopic (exact) mass is 275 g/mol. The molecule has 1 aliphatic rings. The number of hydrogen-bond donors (Lipinski definition) is 2. The van der Waals surface area contributed by atoms with Crippen LogP contribution in [0.4, 0.5) is 5.69 Å². The van der Waals surface area contributed by atoms with Crippen molar-refractivity contribution in [2.75, 3.05) is 5.32 Å². The molecule has 0 amide bonds. The highest BCUT2D eigenvalue weighted by Crippen LogP contribution is 2.34. The van der Waals surface area contributed by atoms with Crippen molar-refractivity contribution in [3.8, 4) is 0 Å². The Bertz CT molecular complexity index is 539. The highest BCUT2D eigenvalue weighted by atomic mass is 32.1. The summed E-state index contributed by atoms with van der Waals surface area (Å²) in [6, 6.07) is 2.76. The van der Waals surface area contributed by atoms with E-state index in [4.69, 9.17) is 0 Å². The van der Waals surface area contributed by atoms with Gasteiger partial charge in [0.05, 0.1) is 23.1 Å². The average Bonchev–Trinajstić information content (AvgIpc) is 2.97. The number of H-pyrrole nitrogens is 1. The van der Waals surface area contributed by atoms with Crippen LogP contribution in [-0.2, 0) is 12.8 Å². The third-order valence-corrected chi connectivity index (χ3v) is 5.35. The molecule has 0 saturated heterocycles. The molecule has 0 aliphatic heterocycles. The van der Waals surface area contributed by atoms with E-state index in [9.17, 15) is 0 Å². The van der Waals surface area contributed by atoms with Crippen molar-refractivity contribution in [2.24, 2.45) is 0 Å². The third-order valence-electron chi connectivity index (χ3n) is 3.93. The third kappa shape index (κ3) is 2.41. The van der Waals surface area contributed by atoms with Gasteiger partial charge in [-0.25, -0.2) is 0 Å². The number of rotatable bonds is 3. The highest BCUT2D eigenvalue weighted by molar-refractivity contribution is 7.12. The lowest BCUT2D eigenvalue weighted by molar-refractivity contribution is 0.696. The quantitative estimate of drug-likeness (QED) is 0.884. The lowest BCUT2D eigenvalue weighted by Crippen LogP contribution is -2.06. The zero-order chi connectivity index (χ0) is 13.4. The van der Waals surface area contributed by atoms with Crippen molar-refractivity contribution in [1.82, 2.24) is 10.2 Å². The first-order chi connectivity index (χ1) is 9.15. The lowest BCUT2D eigenvalue weighted by Gasteiger charge is -2.13. The molecule has 1 aliphatic carbocycles. The van der Waals surface area contributed by atoms with Crippen molar-refractivity contribution in [3.63, 3.8) is 0 Å². The number of aryl methyl sites for hydroxylation is 4. The van der Waals surface area contributed by atoms with Gasteiger partial charge in [-0.2, -0.15) is 5.10 Å². The number of aromatic amines is 1. The molecular formula is C15H21N3S. The van der Waals surface area contributed by atoms with E-state index in [1.807, 2.05) is 18.3 Å². The molecule has 2 heterocycles. The molecule has 1 atom stereocenters. The maximum Gasteiger partial charge on any atom is 0.0825 e. The summed E-state index contributed by atoms with van der Waals surface area (Å²) in [6.07, 6.45) is 5.25. The number of nitrogens with one attached hydrogen (secondary N) is 2. The van der Waals surface area contributed by atoms with Gasteiger partial charge in [0.2, 0.25) is 0 Å². The molecule has 0 aromatic carbocycles. The summed E-state index contributed by atoms with van der Waals surface area (Å²) in [7, 11) is 0. The summed E-state index contributed by atoms with van der Waals surface area (Å²) in [5.41, 5.74) is 4.90. The molecule has 0 spiro atoms. The van der Waals surface area contributed by atoms with Crippen LogP contribution >= 0.6 is 11.3 Å². The van der Waals surface area contributed by atoms with Crippen LogP contribution in [0.5, 0.6) is 0 Å². The van der Waals surface area contributed by atoms with E-state index in [1.54, 1.807) is 10.4 Å². The summed E-state index contributed by atoms with van der Waals surface area (Å²) >= 11 is 1.98. The number of nitrogens with zero attached hydrogens (tertiary/aromatic N) is 1. The van der Waals surface area contributed by atoms with E-state index < -0.39 is 0 Å². The van der Waals surface area contributed by atoms with Crippen molar-refractivity contribution in [1.29, 1.82) is 0 Å². The van der Waals surface area contributed by atoms with Crippen LogP contribution in [0.1, 0.15) is 52.5 Å². The fourth-order valence-corrected chi connectivity index (χ4v) is 4.04. The van der Waals surface area contributed by atoms with E-state index in [0.717, 1.165) is 17.1 Å². The van der Waals surface area contributed by atoms with E-state index >= 15 is 0 Å². The first-order valence-corrected chi connectivity index (χ1v) is 7.86. The largest absolute Gasteiger partial charge is 0.375 e. The summed E-state index contributed by atoms with van der Waals surface area (Å²) in [5, 5.41) is 10.9. The molecule has 2 N–H and O–H groups in total. The van der Waals surface area contributed by atoms with Gasteiger partial charge in [0.25, 0.3) is 0 Å². The minimum Gasteiger partial charge on any atom is -0.375 e. The van der Waals surface area contributed by atoms with Gasteiger partial charge in [0, 0.05) is 9.75 Å². The summed E-state index contributed by atoms with van der Waals surface area (Å²) in [6.45, 7) is 6.34. The number of thiophene rings is 1.